The van der Waals surface area contributed by atoms with Gasteiger partial charge in [-0.15, -0.1) is 11.3 Å². The van der Waals surface area contributed by atoms with Gasteiger partial charge < -0.3 is 10.1 Å². The monoisotopic (exact) mass is 450 g/mol. The van der Waals surface area contributed by atoms with E-state index in [4.69, 9.17) is 16.3 Å². The lowest BCUT2D eigenvalue weighted by Gasteiger charge is -2.08. The van der Waals surface area contributed by atoms with Crippen LogP contribution in [-0.2, 0) is 17.8 Å². The molecule has 1 heterocycles. The number of aryl methyl sites for hydroxylation is 1. The zero-order chi connectivity index (χ0) is 18.5. The molecule has 7 heteroatoms. The van der Waals surface area contributed by atoms with Gasteiger partial charge >= 0.3 is 0 Å². The number of hydrogen-bond acceptors (Lipinski definition) is 4. The fourth-order valence-electron chi connectivity index (χ4n) is 2.26. The maximum atomic E-state index is 12.3. The lowest BCUT2D eigenvalue weighted by atomic mass is 10.2. The van der Waals surface area contributed by atoms with Crippen LogP contribution in [-0.4, -0.2) is 10.9 Å². The molecule has 0 fully saturated rings. The Morgan fingerprint density at radius 2 is 2.04 bits per heavy atom. The number of carbonyl (C=O) groups excluding carboxylic acids is 1. The van der Waals surface area contributed by atoms with Crippen molar-refractivity contribution in [3.63, 3.8) is 0 Å². The van der Waals surface area contributed by atoms with Crippen molar-refractivity contribution >= 4 is 50.5 Å². The molecule has 1 amide bonds. The molecule has 4 nitrogen and oxygen atoms in total. The van der Waals surface area contributed by atoms with Gasteiger partial charge in [0, 0.05) is 20.6 Å². The number of carbonyl (C=O) groups is 1. The van der Waals surface area contributed by atoms with Crippen molar-refractivity contribution in [2.24, 2.45) is 0 Å². The van der Waals surface area contributed by atoms with Crippen molar-refractivity contribution in [3.05, 3.63) is 73.6 Å². The number of hydrogen-bond donors (Lipinski definition) is 1. The first-order valence-corrected chi connectivity index (χ1v) is 9.92. The fourth-order valence-corrected chi connectivity index (χ4v) is 3.45. The molecule has 0 unspecified atom stereocenters. The van der Waals surface area contributed by atoms with E-state index in [2.05, 4.69) is 26.2 Å². The summed E-state index contributed by atoms with van der Waals surface area (Å²) >= 11 is 10.7. The summed E-state index contributed by atoms with van der Waals surface area (Å²) in [5.41, 5.74) is 2.54. The van der Waals surface area contributed by atoms with Crippen LogP contribution in [0.4, 0.5) is 5.69 Å². The summed E-state index contributed by atoms with van der Waals surface area (Å²) in [7, 11) is 0. The second-order valence-corrected chi connectivity index (χ2v) is 7.95. The van der Waals surface area contributed by atoms with Gasteiger partial charge in [0.15, 0.2) is 0 Å². The predicted octanol–water partition coefficient (Wildman–Crippen LogP) is 5.63. The first-order valence-electron chi connectivity index (χ1n) is 7.87. The third-order valence-electron chi connectivity index (χ3n) is 3.59. The third-order valence-corrected chi connectivity index (χ3v) is 5.21. The van der Waals surface area contributed by atoms with E-state index in [1.165, 1.54) is 11.3 Å². The number of anilines is 1. The number of ether oxygens (including phenoxy) is 1. The van der Waals surface area contributed by atoms with Gasteiger partial charge in [0.05, 0.1) is 12.1 Å². The first kappa shape index (κ1) is 18.9. The highest BCUT2D eigenvalue weighted by Gasteiger charge is 2.10. The predicted molar refractivity (Wildman–Crippen MR) is 109 cm³/mol. The van der Waals surface area contributed by atoms with Crippen LogP contribution in [0.2, 0.25) is 5.02 Å². The summed E-state index contributed by atoms with van der Waals surface area (Å²) < 4.78 is 6.60. The zero-order valence-electron chi connectivity index (χ0n) is 14.0. The minimum absolute atomic E-state index is 0.0957. The second kappa shape index (κ2) is 8.66. The Morgan fingerprint density at radius 1 is 1.27 bits per heavy atom. The molecule has 0 saturated carbocycles. The SMILES string of the molecule is Cc1ccc(Br)cc1NC(=O)Cc1csc(COc2ccc(Cl)cc2)n1. The quantitative estimate of drug-likeness (QED) is 0.528. The zero-order valence-corrected chi connectivity index (χ0v) is 17.1. The Morgan fingerprint density at radius 3 is 2.81 bits per heavy atom. The molecule has 1 N–H and O–H groups in total. The minimum Gasteiger partial charge on any atom is -0.486 e. The van der Waals surface area contributed by atoms with Crippen molar-refractivity contribution in [1.82, 2.24) is 4.98 Å². The molecule has 0 aliphatic heterocycles. The lowest BCUT2D eigenvalue weighted by molar-refractivity contribution is -0.115. The molecular formula is C19H16BrClN2O2S. The molecule has 1 aromatic heterocycles. The molecule has 3 aromatic rings. The molecular weight excluding hydrogens is 436 g/mol. The molecule has 0 bridgehead atoms. The van der Waals surface area contributed by atoms with Crippen LogP contribution >= 0.6 is 38.9 Å². The van der Waals surface area contributed by atoms with Crippen molar-refractivity contribution in [3.8, 4) is 5.75 Å². The highest BCUT2D eigenvalue weighted by Crippen LogP contribution is 2.21. The van der Waals surface area contributed by atoms with E-state index in [1.807, 2.05) is 42.6 Å². The number of benzene rings is 2. The molecule has 3 rings (SSSR count). The third kappa shape index (κ3) is 5.30. The molecule has 0 radical (unpaired) electrons. The van der Waals surface area contributed by atoms with Crippen molar-refractivity contribution in [1.29, 1.82) is 0 Å². The van der Waals surface area contributed by atoms with Gasteiger partial charge in [-0.2, -0.15) is 0 Å². The van der Waals surface area contributed by atoms with Crippen LogP contribution in [0.5, 0.6) is 5.75 Å². The molecule has 0 aliphatic carbocycles. The van der Waals surface area contributed by atoms with Gasteiger partial charge in [0.2, 0.25) is 5.91 Å². The number of rotatable bonds is 6. The van der Waals surface area contributed by atoms with E-state index in [0.29, 0.717) is 11.6 Å². The lowest BCUT2D eigenvalue weighted by Crippen LogP contribution is -2.15. The topological polar surface area (TPSA) is 51.2 Å². The highest BCUT2D eigenvalue weighted by molar-refractivity contribution is 9.10. The van der Waals surface area contributed by atoms with E-state index in [-0.39, 0.29) is 12.3 Å². The maximum Gasteiger partial charge on any atom is 0.230 e. The van der Waals surface area contributed by atoms with Gasteiger partial charge in [-0.3, -0.25) is 4.79 Å². The first-order chi connectivity index (χ1) is 12.5. The maximum absolute atomic E-state index is 12.3. The van der Waals surface area contributed by atoms with Crippen LogP contribution in [0.3, 0.4) is 0 Å². The second-order valence-electron chi connectivity index (χ2n) is 5.66. The molecule has 26 heavy (non-hydrogen) atoms. The number of amides is 1. The summed E-state index contributed by atoms with van der Waals surface area (Å²) in [6.45, 7) is 2.32. The number of nitrogens with zero attached hydrogens (tertiary/aromatic N) is 1. The Bertz CT molecular complexity index is 912. The van der Waals surface area contributed by atoms with Crippen LogP contribution in [0.15, 0.2) is 52.3 Å². The largest absolute Gasteiger partial charge is 0.486 e. The van der Waals surface area contributed by atoms with Gasteiger partial charge in [-0.05, 0) is 48.9 Å². The average molecular weight is 452 g/mol. The van der Waals surface area contributed by atoms with E-state index < -0.39 is 0 Å². The Labute approximate surface area is 169 Å². The molecule has 134 valence electrons. The Balaban J connectivity index is 1.55. The van der Waals surface area contributed by atoms with E-state index >= 15 is 0 Å². The average Bonchev–Trinajstić information content (AvgIpc) is 3.05. The minimum atomic E-state index is -0.0957. The van der Waals surface area contributed by atoms with Crippen molar-refractivity contribution in [2.45, 2.75) is 20.0 Å². The van der Waals surface area contributed by atoms with Crippen LogP contribution in [0.25, 0.3) is 0 Å². The van der Waals surface area contributed by atoms with E-state index in [0.717, 1.165) is 32.2 Å². The number of thiazole rings is 1. The van der Waals surface area contributed by atoms with Crippen molar-refractivity contribution in [2.75, 3.05) is 5.32 Å². The summed E-state index contributed by atoms with van der Waals surface area (Å²) in [5.74, 6) is 0.635. The summed E-state index contributed by atoms with van der Waals surface area (Å²) in [5, 5.41) is 6.29. The smallest absolute Gasteiger partial charge is 0.230 e. The molecule has 0 aliphatic rings. The molecule has 0 saturated heterocycles. The number of aromatic nitrogens is 1. The Hall–Kier alpha value is -1.89. The standard InChI is InChI=1S/C19H16BrClN2O2S/c1-12-2-3-13(20)8-17(12)23-18(24)9-15-11-26-19(22-15)10-25-16-6-4-14(21)5-7-16/h2-8,11H,9-10H2,1H3,(H,23,24). The van der Waals surface area contributed by atoms with E-state index in [9.17, 15) is 4.79 Å². The van der Waals surface area contributed by atoms with Gasteiger partial charge in [0.25, 0.3) is 0 Å². The molecule has 2 aromatic carbocycles. The summed E-state index contributed by atoms with van der Waals surface area (Å²) in [6.07, 6.45) is 0.226. The highest BCUT2D eigenvalue weighted by atomic mass is 79.9. The Kier molecular flexibility index (Phi) is 6.29. The van der Waals surface area contributed by atoms with Crippen LogP contribution in [0, 0.1) is 6.92 Å². The number of halogens is 2. The van der Waals surface area contributed by atoms with Gasteiger partial charge in [-0.1, -0.05) is 33.6 Å². The molecule has 0 atom stereocenters. The van der Waals surface area contributed by atoms with Gasteiger partial charge in [-0.25, -0.2) is 4.98 Å². The van der Waals surface area contributed by atoms with Crippen LogP contribution in [0.1, 0.15) is 16.3 Å². The summed E-state index contributed by atoms with van der Waals surface area (Å²) in [6, 6.07) is 13.0. The normalized spacial score (nSPS) is 10.6. The summed E-state index contributed by atoms with van der Waals surface area (Å²) in [4.78, 5) is 16.7. The van der Waals surface area contributed by atoms with Gasteiger partial charge in [0.1, 0.15) is 17.4 Å². The number of nitrogens with one attached hydrogen (secondary N) is 1. The molecule has 0 spiro atoms. The fraction of sp³-hybridized carbons (Fsp3) is 0.158. The van der Waals surface area contributed by atoms with E-state index in [1.54, 1.807) is 12.1 Å². The van der Waals surface area contributed by atoms with Crippen molar-refractivity contribution < 1.29 is 9.53 Å². The van der Waals surface area contributed by atoms with Crippen LogP contribution < -0.4 is 10.1 Å².